The molecule has 0 unspecified atom stereocenters. The van der Waals surface area contributed by atoms with Crippen LogP contribution in [0, 0.1) is 0 Å². The molecule has 4 nitrogen and oxygen atoms in total. The molecular formula is C10H10O4S. The predicted molar refractivity (Wildman–Crippen MR) is 55.8 cm³/mol. The highest BCUT2D eigenvalue weighted by Gasteiger charge is 2.10. The van der Waals surface area contributed by atoms with Gasteiger partial charge in [0.2, 0.25) is 0 Å². The van der Waals surface area contributed by atoms with Crippen molar-refractivity contribution in [1.82, 2.24) is 0 Å². The molecule has 0 saturated heterocycles. The van der Waals surface area contributed by atoms with E-state index in [1.165, 1.54) is 0 Å². The monoisotopic (exact) mass is 226 g/mol. The molecule has 0 aliphatic rings. The van der Waals surface area contributed by atoms with Crippen molar-refractivity contribution in [1.29, 1.82) is 0 Å². The lowest BCUT2D eigenvalue weighted by Crippen LogP contribution is -2.12. The summed E-state index contributed by atoms with van der Waals surface area (Å²) in [4.78, 5) is 11.4. The third-order valence-corrected chi connectivity index (χ3v) is 2.51. The Labute approximate surface area is 88.3 Å². The van der Waals surface area contributed by atoms with E-state index in [-0.39, 0.29) is 5.78 Å². The van der Waals surface area contributed by atoms with Gasteiger partial charge in [-0.05, 0) is 0 Å². The molecule has 0 N–H and O–H groups in total. The van der Waals surface area contributed by atoms with Crippen LogP contribution in [-0.4, -0.2) is 20.8 Å². The topological polar surface area (TPSA) is 60.4 Å². The fourth-order valence-corrected chi connectivity index (χ4v) is 1.26. The summed E-state index contributed by atoms with van der Waals surface area (Å²) in [6.07, 6.45) is 0. The Morgan fingerprint density at radius 3 is 2.47 bits per heavy atom. The molecule has 0 atom stereocenters. The summed E-state index contributed by atoms with van der Waals surface area (Å²) in [6, 6.07) is 8.32. The van der Waals surface area contributed by atoms with Crippen molar-refractivity contribution in [2.75, 3.05) is 6.61 Å². The van der Waals surface area contributed by atoms with Gasteiger partial charge < -0.3 is 0 Å². The molecule has 1 aromatic rings. The van der Waals surface area contributed by atoms with Gasteiger partial charge in [0.25, 0.3) is 10.1 Å². The zero-order valence-corrected chi connectivity index (χ0v) is 8.74. The summed E-state index contributed by atoms with van der Waals surface area (Å²) in [5, 5.41) is 0.658. The largest absolute Gasteiger partial charge is 0.291 e. The Balaban J connectivity index is 2.63. The normalized spacial score (nSPS) is 10.9. The second-order valence-corrected chi connectivity index (χ2v) is 4.27. The highest BCUT2D eigenvalue weighted by molar-refractivity contribution is 7.89. The Hall–Kier alpha value is -1.46. The van der Waals surface area contributed by atoms with Crippen molar-refractivity contribution in [2.45, 2.75) is 0 Å². The Morgan fingerprint density at radius 2 is 1.93 bits per heavy atom. The quantitative estimate of drug-likeness (QED) is 0.561. The first kappa shape index (κ1) is 11.6. The number of carbonyl (C=O) groups is 1. The second kappa shape index (κ2) is 4.86. The van der Waals surface area contributed by atoms with Crippen LogP contribution in [0.1, 0.15) is 10.4 Å². The van der Waals surface area contributed by atoms with E-state index in [4.69, 9.17) is 0 Å². The van der Waals surface area contributed by atoms with Crippen LogP contribution in [0.3, 0.4) is 0 Å². The second-order valence-electron chi connectivity index (χ2n) is 2.71. The Kier molecular flexibility index (Phi) is 3.76. The van der Waals surface area contributed by atoms with Crippen LogP contribution in [0.4, 0.5) is 0 Å². The molecule has 5 heteroatoms. The first-order valence-electron chi connectivity index (χ1n) is 4.15. The smallest absolute Gasteiger partial charge is 0.289 e. The third kappa shape index (κ3) is 3.65. The molecule has 0 aromatic heterocycles. The lowest BCUT2D eigenvalue weighted by molar-refractivity contribution is 0.0926. The minimum absolute atomic E-state index is 0.388. The van der Waals surface area contributed by atoms with Crippen molar-refractivity contribution in [3.05, 3.63) is 47.9 Å². The average Bonchev–Trinajstić information content (AvgIpc) is 2.27. The van der Waals surface area contributed by atoms with Crippen molar-refractivity contribution in [2.24, 2.45) is 0 Å². The summed E-state index contributed by atoms with van der Waals surface area (Å²) in [7, 11) is -3.78. The molecule has 1 aromatic carbocycles. The Morgan fingerprint density at radius 1 is 1.33 bits per heavy atom. The van der Waals surface area contributed by atoms with E-state index >= 15 is 0 Å². The van der Waals surface area contributed by atoms with Gasteiger partial charge in [0, 0.05) is 5.56 Å². The molecule has 0 fully saturated rings. The third-order valence-electron chi connectivity index (χ3n) is 1.65. The molecule has 0 spiro atoms. The highest BCUT2D eigenvalue weighted by atomic mass is 32.2. The number of ketones is 1. The average molecular weight is 226 g/mol. The number of rotatable bonds is 5. The lowest BCUT2D eigenvalue weighted by Gasteiger charge is -2.00. The van der Waals surface area contributed by atoms with Crippen LogP contribution in [0.5, 0.6) is 0 Å². The molecule has 0 amide bonds. The fourth-order valence-electron chi connectivity index (χ4n) is 0.891. The van der Waals surface area contributed by atoms with Gasteiger partial charge in [0.15, 0.2) is 5.78 Å². The summed E-state index contributed by atoms with van der Waals surface area (Å²) >= 11 is 0. The molecule has 80 valence electrons. The molecule has 0 saturated carbocycles. The van der Waals surface area contributed by atoms with Crippen LogP contribution in [0.2, 0.25) is 0 Å². The van der Waals surface area contributed by atoms with Gasteiger partial charge >= 0.3 is 0 Å². The maximum Gasteiger partial charge on any atom is 0.289 e. The van der Waals surface area contributed by atoms with E-state index in [1.807, 2.05) is 0 Å². The highest BCUT2D eigenvalue weighted by Crippen LogP contribution is 2.02. The van der Waals surface area contributed by atoms with E-state index in [0.717, 1.165) is 0 Å². The van der Waals surface area contributed by atoms with Crippen molar-refractivity contribution >= 4 is 15.9 Å². The van der Waals surface area contributed by atoms with Crippen LogP contribution in [0.15, 0.2) is 42.3 Å². The van der Waals surface area contributed by atoms with Crippen molar-refractivity contribution in [3.63, 3.8) is 0 Å². The predicted octanol–water partition coefficient (Wildman–Crippen LogP) is 1.36. The fraction of sp³-hybridized carbons (Fsp3) is 0.100. The number of hydrogen-bond donors (Lipinski definition) is 0. The molecule has 0 radical (unpaired) electrons. The summed E-state index contributed by atoms with van der Waals surface area (Å²) < 4.78 is 26.1. The van der Waals surface area contributed by atoms with Gasteiger partial charge in [-0.15, -0.1) is 0 Å². The molecule has 1 rings (SSSR count). The Bertz CT molecular complexity index is 448. The maximum absolute atomic E-state index is 11.4. The number of benzene rings is 1. The lowest BCUT2D eigenvalue weighted by atomic mass is 10.1. The summed E-state index contributed by atoms with van der Waals surface area (Å²) in [6.45, 7) is 2.56. The van der Waals surface area contributed by atoms with Crippen molar-refractivity contribution in [3.8, 4) is 0 Å². The van der Waals surface area contributed by atoms with E-state index < -0.39 is 16.7 Å². The van der Waals surface area contributed by atoms with Crippen LogP contribution < -0.4 is 0 Å². The van der Waals surface area contributed by atoms with Gasteiger partial charge in [-0.3, -0.25) is 8.98 Å². The first-order valence-corrected chi connectivity index (χ1v) is 5.62. The molecule has 0 aliphatic carbocycles. The molecule has 0 aliphatic heterocycles. The van der Waals surface area contributed by atoms with Crippen LogP contribution in [-0.2, 0) is 14.3 Å². The van der Waals surface area contributed by atoms with Gasteiger partial charge in [-0.1, -0.05) is 36.9 Å². The summed E-state index contributed by atoms with van der Waals surface area (Å²) in [5.41, 5.74) is 0.414. The van der Waals surface area contributed by atoms with Crippen LogP contribution in [0.25, 0.3) is 0 Å². The first-order chi connectivity index (χ1) is 7.05. The SMILES string of the molecule is C=CS(=O)(=O)OCC(=O)c1ccccc1. The minimum Gasteiger partial charge on any atom is -0.291 e. The summed E-state index contributed by atoms with van der Waals surface area (Å²) in [5.74, 6) is -0.388. The molecular weight excluding hydrogens is 216 g/mol. The van der Waals surface area contributed by atoms with Gasteiger partial charge in [-0.25, -0.2) is 0 Å². The minimum atomic E-state index is -3.78. The molecule has 0 bridgehead atoms. The van der Waals surface area contributed by atoms with Gasteiger partial charge in [-0.2, -0.15) is 8.42 Å². The van der Waals surface area contributed by atoms with E-state index in [9.17, 15) is 13.2 Å². The number of carbonyl (C=O) groups excluding carboxylic acids is 1. The van der Waals surface area contributed by atoms with Crippen molar-refractivity contribution < 1.29 is 17.4 Å². The van der Waals surface area contributed by atoms with Crippen LogP contribution >= 0.6 is 0 Å². The van der Waals surface area contributed by atoms with Gasteiger partial charge in [0.1, 0.15) is 6.61 Å². The number of hydrogen-bond acceptors (Lipinski definition) is 4. The van der Waals surface area contributed by atoms with Gasteiger partial charge in [0.05, 0.1) is 5.41 Å². The number of Topliss-reactive ketones (excluding diaryl/α,β-unsaturated/α-hetero) is 1. The standard InChI is InChI=1S/C10H10O4S/c1-2-15(12,13)14-8-10(11)9-6-4-3-5-7-9/h2-7H,1,8H2. The zero-order chi connectivity index (χ0) is 11.3. The van der Waals surface area contributed by atoms with E-state index in [0.29, 0.717) is 11.0 Å². The molecule has 15 heavy (non-hydrogen) atoms. The molecule has 0 heterocycles. The zero-order valence-electron chi connectivity index (χ0n) is 7.92. The van der Waals surface area contributed by atoms with E-state index in [2.05, 4.69) is 10.8 Å². The van der Waals surface area contributed by atoms with E-state index in [1.54, 1.807) is 30.3 Å². The maximum atomic E-state index is 11.4.